The molecule has 0 saturated heterocycles. The van der Waals surface area contributed by atoms with Crippen LogP contribution < -0.4 is 19.5 Å². The van der Waals surface area contributed by atoms with Crippen LogP contribution in [0.2, 0.25) is 5.02 Å². The Morgan fingerprint density at radius 2 is 1.84 bits per heavy atom. The van der Waals surface area contributed by atoms with E-state index < -0.39 is 0 Å². The predicted molar refractivity (Wildman–Crippen MR) is 118 cm³/mol. The molecular formula is C20H20ClN5O4S. The van der Waals surface area contributed by atoms with E-state index in [0.717, 1.165) is 4.90 Å². The number of hydrogen-bond donors (Lipinski definition) is 1. The van der Waals surface area contributed by atoms with Crippen LogP contribution in [0.25, 0.3) is 6.08 Å². The van der Waals surface area contributed by atoms with Crippen molar-refractivity contribution < 1.29 is 19.0 Å². The third kappa shape index (κ3) is 5.47. The van der Waals surface area contributed by atoms with Gasteiger partial charge in [-0.3, -0.25) is 4.79 Å². The molecule has 9 nitrogen and oxygen atoms in total. The van der Waals surface area contributed by atoms with Gasteiger partial charge < -0.3 is 19.5 Å². The molecule has 1 amide bonds. The van der Waals surface area contributed by atoms with Crippen LogP contribution in [-0.2, 0) is 11.8 Å². The summed E-state index contributed by atoms with van der Waals surface area (Å²) in [5.41, 5.74) is 1.25. The molecular weight excluding hydrogens is 442 g/mol. The molecule has 1 N–H and O–H groups in total. The van der Waals surface area contributed by atoms with Crippen molar-refractivity contribution in [1.29, 1.82) is 0 Å². The van der Waals surface area contributed by atoms with Gasteiger partial charge in [0.1, 0.15) is 0 Å². The number of hydrogen-bond acceptors (Lipinski definition) is 8. The van der Waals surface area contributed by atoms with Crippen molar-refractivity contribution in [3.05, 3.63) is 47.0 Å². The van der Waals surface area contributed by atoms with Gasteiger partial charge >= 0.3 is 0 Å². The molecule has 0 atom stereocenters. The molecule has 0 fully saturated rings. The van der Waals surface area contributed by atoms with Crippen molar-refractivity contribution in [2.24, 2.45) is 7.05 Å². The summed E-state index contributed by atoms with van der Waals surface area (Å²) in [6.45, 7) is 0. The molecule has 0 spiro atoms. The molecule has 3 aromatic rings. The van der Waals surface area contributed by atoms with E-state index in [2.05, 4.69) is 20.8 Å². The average Bonchev–Trinajstić information content (AvgIpc) is 3.17. The van der Waals surface area contributed by atoms with Gasteiger partial charge in [-0.1, -0.05) is 11.6 Å². The van der Waals surface area contributed by atoms with Crippen molar-refractivity contribution in [2.45, 2.75) is 10.1 Å². The van der Waals surface area contributed by atoms with Crippen molar-refractivity contribution >= 4 is 41.0 Å². The van der Waals surface area contributed by atoms with E-state index in [9.17, 15) is 4.79 Å². The van der Waals surface area contributed by atoms with Crippen LogP contribution in [0.1, 0.15) is 5.56 Å². The van der Waals surface area contributed by atoms with E-state index in [-0.39, 0.29) is 5.91 Å². The second kappa shape index (κ2) is 10.2. The Hall–Kier alpha value is -3.24. The van der Waals surface area contributed by atoms with Gasteiger partial charge in [0, 0.05) is 23.0 Å². The van der Waals surface area contributed by atoms with Crippen LogP contribution in [0, 0.1) is 0 Å². The minimum atomic E-state index is -0.339. The van der Waals surface area contributed by atoms with Gasteiger partial charge in [-0.05, 0) is 64.2 Å². The molecule has 0 radical (unpaired) electrons. The maximum absolute atomic E-state index is 12.6. The van der Waals surface area contributed by atoms with E-state index >= 15 is 0 Å². The zero-order valence-electron chi connectivity index (χ0n) is 17.2. The molecule has 3 rings (SSSR count). The Bertz CT molecular complexity index is 1090. The summed E-state index contributed by atoms with van der Waals surface area (Å²) in [6, 6.07) is 8.67. The third-order valence-corrected chi connectivity index (χ3v) is 5.44. The second-order valence-electron chi connectivity index (χ2n) is 6.11. The first-order chi connectivity index (χ1) is 14.9. The molecule has 0 aliphatic heterocycles. The first-order valence-corrected chi connectivity index (χ1v) is 10.1. The smallest absolute Gasteiger partial charge is 0.248 e. The minimum absolute atomic E-state index is 0.339. The van der Waals surface area contributed by atoms with Crippen molar-refractivity contribution in [1.82, 2.24) is 20.2 Å². The molecule has 0 unspecified atom stereocenters. The minimum Gasteiger partial charge on any atom is -0.493 e. The second-order valence-corrected chi connectivity index (χ2v) is 7.55. The third-order valence-electron chi connectivity index (χ3n) is 4.10. The van der Waals surface area contributed by atoms with Gasteiger partial charge in [0.2, 0.25) is 16.8 Å². The molecule has 0 aliphatic carbocycles. The number of aromatic nitrogens is 4. The molecule has 2 aromatic carbocycles. The van der Waals surface area contributed by atoms with Gasteiger partial charge in [-0.2, -0.15) is 0 Å². The fourth-order valence-corrected chi connectivity index (χ4v) is 3.61. The lowest BCUT2D eigenvalue weighted by molar-refractivity contribution is -0.111. The number of aryl methyl sites for hydroxylation is 1. The molecule has 162 valence electrons. The fourth-order valence-electron chi connectivity index (χ4n) is 2.64. The van der Waals surface area contributed by atoms with E-state index in [1.807, 2.05) is 0 Å². The number of tetrazole rings is 1. The Balaban J connectivity index is 1.80. The highest BCUT2D eigenvalue weighted by Gasteiger charge is 2.13. The maximum atomic E-state index is 12.6. The molecule has 0 bridgehead atoms. The lowest BCUT2D eigenvalue weighted by Crippen LogP contribution is -2.09. The summed E-state index contributed by atoms with van der Waals surface area (Å²) < 4.78 is 17.5. The van der Waals surface area contributed by atoms with Crippen LogP contribution in [-0.4, -0.2) is 47.4 Å². The Kier molecular flexibility index (Phi) is 7.37. The largest absolute Gasteiger partial charge is 0.493 e. The monoisotopic (exact) mass is 461 g/mol. The average molecular weight is 462 g/mol. The number of carbonyl (C=O) groups is 1. The highest BCUT2D eigenvalue weighted by Crippen LogP contribution is 2.38. The molecule has 0 aliphatic rings. The Morgan fingerprint density at radius 3 is 2.42 bits per heavy atom. The van der Waals surface area contributed by atoms with Gasteiger partial charge in [0.25, 0.3) is 0 Å². The number of carbonyl (C=O) groups excluding carboxylic acids is 1. The number of ether oxygens (including phenoxy) is 3. The highest BCUT2D eigenvalue weighted by atomic mass is 35.5. The molecule has 31 heavy (non-hydrogen) atoms. The summed E-state index contributed by atoms with van der Waals surface area (Å²) in [5.74, 6) is 1.12. The normalized spacial score (nSPS) is 10.9. The summed E-state index contributed by atoms with van der Waals surface area (Å²) in [7, 11) is 6.32. The number of nitrogens with zero attached hydrogens (tertiary/aromatic N) is 4. The number of anilines is 1. The molecule has 11 heteroatoms. The molecule has 0 saturated carbocycles. The van der Waals surface area contributed by atoms with Crippen LogP contribution in [0.15, 0.2) is 46.5 Å². The van der Waals surface area contributed by atoms with Crippen LogP contribution >= 0.6 is 23.4 Å². The number of rotatable bonds is 8. The zero-order chi connectivity index (χ0) is 22.4. The lowest BCUT2D eigenvalue weighted by atomic mass is 10.1. The first kappa shape index (κ1) is 22.4. The predicted octanol–water partition coefficient (Wildman–Crippen LogP) is 3.69. The van der Waals surface area contributed by atoms with E-state index in [1.54, 1.807) is 43.5 Å². The highest BCUT2D eigenvalue weighted by molar-refractivity contribution is 7.99. The fraction of sp³-hybridized carbons (Fsp3) is 0.200. The number of benzene rings is 2. The van der Waals surface area contributed by atoms with Crippen LogP contribution in [0.5, 0.6) is 17.2 Å². The van der Waals surface area contributed by atoms with E-state index in [0.29, 0.717) is 38.7 Å². The SMILES string of the molecule is COc1cc(/C=C/C(=O)Nc2cc(Cl)ccc2Sc2nnnn2C)cc(OC)c1OC. The number of nitrogens with one attached hydrogen (secondary N) is 1. The lowest BCUT2D eigenvalue weighted by Gasteiger charge is -2.13. The van der Waals surface area contributed by atoms with Crippen LogP contribution in [0.4, 0.5) is 5.69 Å². The summed E-state index contributed by atoms with van der Waals surface area (Å²) in [5, 5.41) is 15.3. The number of amides is 1. The Labute approximate surface area is 188 Å². The van der Waals surface area contributed by atoms with E-state index in [1.165, 1.54) is 43.8 Å². The summed E-state index contributed by atoms with van der Waals surface area (Å²) in [6.07, 6.45) is 3.05. The summed E-state index contributed by atoms with van der Waals surface area (Å²) in [4.78, 5) is 13.3. The zero-order valence-corrected chi connectivity index (χ0v) is 18.8. The topological polar surface area (TPSA) is 100 Å². The first-order valence-electron chi connectivity index (χ1n) is 8.94. The van der Waals surface area contributed by atoms with Gasteiger partial charge in [-0.15, -0.1) is 5.10 Å². The Morgan fingerprint density at radius 1 is 1.13 bits per heavy atom. The quantitative estimate of drug-likeness (QED) is 0.507. The van der Waals surface area contributed by atoms with Crippen molar-refractivity contribution in [3.63, 3.8) is 0 Å². The van der Waals surface area contributed by atoms with Crippen molar-refractivity contribution in [3.8, 4) is 17.2 Å². The van der Waals surface area contributed by atoms with Gasteiger partial charge in [-0.25, -0.2) is 4.68 Å². The molecule has 1 heterocycles. The molecule has 1 aromatic heterocycles. The van der Waals surface area contributed by atoms with Gasteiger partial charge in [0.15, 0.2) is 11.5 Å². The van der Waals surface area contributed by atoms with Crippen LogP contribution in [0.3, 0.4) is 0 Å². The standard InChI is InChI=1S/C20H20ClN5O4S/c1-26-20(23-24-25-26)31-17-7-6-13(21)11-14(17)22-18(27)8-5-12-9-15(28-2)19(30-4)16(10-12)29-3/h5-11H,1-4H3,(H,22,27)/b8-5+. The van der Waals surface area contributed by atoms with Gasteiger partial charge in [0.05, 0.1) is 27.0 Å². The van der Waals surface area contributed by atoms with Crippen molar-refractivity contribution in [2.75, 3.05) is 26.6 Å². The maximum Gasteiger partial charge on any atom is 0.248 e. The summed E-state index contributed by atoms with van der Waals surface area (Å²) >= 11 is 7.43. The van der Waals surface area contributed by atoms with E-state index in [4.69, 9.17) is 25.8 Å². The number of methoxy groups -OCH3 is 3. The number of halogens is 1.